The van der Waals surface area contributed by atoms with E-state index in [2.05, 4.69) is 0 Å². The zero-order valence-electron chi connectivity index (χ0n) is 9.99. The van der Waals surface area contributed by atoms with Crippen LogP contribution in [0.15, 0.2) is 18.2 Å². The summed E-state index contributed by atoms with van der Waals surface area (Å²) in [6, 6.07) is 3.68. The van der Waals surface area contributed by atoms with E-state index in [9.17, 15) is 13.6 Å². The Morgan fingerprint density at radius 3 is 2.67 bits per heavy atom. The van der Waals surface area contributed by atoms with Crippen LogP contribution in [0.2, 0.25) is 0 Å². The maximum atomic E-state index is 13.4. The van der Waals surface area contributed by atoms with E-state index in [0.717, 1.165) is 17.9 Å². The zero-order valence-corrected chi connectivity index (χ0v) is 10.8. The molecule has 2 rings (SSSR count). The minimum absolute atomic E-state index is 0.126. The van der Waals surface area contributed by atoms with Gasteiger partial charge in [-0.1, -0.05) is 6.07 Å². The van der Waals surface area contributed by atoms with E-state index in [-0.39, 0.29) is 17.9 Å². The van der Waals surface area contributed by atoms with Gasteiger partial charge in [0, 0.05) is 24.4 Å². The summed E-state index contributed by atoms with van der Waals surface area (Å²) in [4.78, 5) is 13.7. The number of rotatable bonds is 2. The van der Waals surface area contributed by atoms with Gasteiger partial charge in [0.2, 0.25) is 5.91 Å². The van der Waals surface area contributed by atoms with Crippen LogP contribution in [0.5, 0.6) is 0 Å². The van der Waals surface area contributed by atoms with Crippen LogP contribution in [0.1, 0.15) is 12.0 Å². The Kier molecular flexibility index (Phi) is 4.58. The topological polar surface area (TPSA) is 20.3 Å². The Morgan fingerprint density at radius 2 is 1.94 bits per heavy atom. The molecule has 1 fully saturated rings. The molecule has 1 aliphatic rings. The van der Waals surface area contributed by atoms with Gasteiger partial charge in [0.05, 0.1) is 6.42 Å². The number of carbonyl (C=O) groups is 1. The van der Waals surface area contributed by atoms with Gasteiger partial charge in [0.15, 0.2) is 0 Å². The lowest BCUT2D eigenvalue weighted by Gasteiger charge is -2.20. The molecule has 1 aromatic rings. The Balaban J connectivity index is 2.06. The molecule has 0 aromatic heterocycles. The number of carbonyl (C=O) groups excluding carboxylic acids is 1. The first-order valence-corrected chi connectivity index (χ1v) is 7.12. The molecule has 0 unspecified atom stereocenters. The fourth-order valence-corrected chi connectivity index (χ4v) is 2.85. The summed E-state index contributed by atoms with van der Waals surface area (Å²) in [6.07, 6.45) is 0.749. The molecule has 2 nitrogen and oxygen atoms in total. The van der Waals surface area contributed by atoms with E-state index in [0.29, 0.717) is 13.1 Å². The SMILES string of the molecule is O=C(Cc1c(F)cccc1F)N1CCCSCC1. The fraction of sp³-hybridized carbons (Fsp3) is 0.462. The number of thioether (sulfide) groups is 1. The van der Waals surface area contributed by atoms with E-state index >= 15 is 0 Å². The lowest BCUT2D eigenvalue weighted by Crippen LogP contribution is -2.34. The van der Waals surface area contributed by atoms with E-state index in [1.54, 1.807) is 4.90 Å². The average molecular weight is 271 g/mol. The first-order chi connectivity index (χ1) is 8.68. The summed E-state index contributed by atoms with van der Waals surface area (Å²) >= 11 is 1.81. The number of halogens is 2. The van der Waals surface area contributed by atoms with Gasteiger partial charge in [-0.15, -0.1) is 0 Å². The van der Waals surface area contributed by atoms with Crippen LogP contribution >= 0.6 is 11.8 Å². The average Bonchev–Trinajstić information content (AvgIpc) is 2.62. The molecule has 1 heterocycles. The van der Waals surface area contributed by atoms with Crippen molar-refractivity contribution in [3.63, 3.8) is 0 Å². The maximum absolute atomic E-state index is 13.4. The van der Waals surface area contributed by atoms with Crippen molar-refractivity contribution < 1.29 is 13.6 Å². The highest BCUT2D eigenvalue weighted by molar-refractivity contribution is 7.99. The van der Waals surface area contributed by atoms with E-state index in [1.165, 1.54) is 18.2 Å². The van der Waals surface area contributed by atoms with Crippen LogP contribution < -0.4 is 0 Å². The minimum atomic E-state index is -0.646. The van der Waals surface area contributed by atoms with Crippen LogP contribution in [0.3, 0.4) is 0 Å². The third-order valence-corrected chi connectivity index (χ3v) is 4.01. The number of hydrogen-bond donors (Lipinski definition) is 0. The third-order valence-electron chi connectivity index (χ3n) is 2.96. The monoisotopic (exact) mass is 271 g/mol. The molecule has 0 saturated carbocycles. The molecule has 98 valence electrons. The molecular formula is C13H15F2NOS. The van der Waals surface area contributed by atoms with Gasteiger partial charge in [0.1, 0.15) is 11.6 Å². The highest BCUT2D eigenvalue weighted by atomic mass is 32.2. The first kappa shape index (κ1) is 13.3. The second kappa shape index (κ2) is 6.18. The molecule has 0 N–H and O–H groups in total. The Bertz CT molecular complexity index is 411. The summed E-state index contributed by atoms with van der Waals surface area (Å²) < 4.78 is 26.9. The van der Waals surface area contributed by atoms with Gasteiger partial charge in [-0.25, -0.2) is 8.78 Å². The van der Waals surface area contributed by atoms with E-state index in [1.807, 2.05) is 11.8 Å². The van der Waals surface area contributed by atoms with Gasteiger partial charge in [-0.2, -0.15) is 11.8 Å². The largest absolute Gasteiger partial charge is 0.342 e. The van der Waals surface area contributed by atoms with Crippen LogP contribution in [0, 0.1) is 11.6 Å². The van der Waals surface area contributed by atoms with Gasteiger partial charge in [-0.05, 0) is 24.3 Å². The van der Waals surface area contributed by atoms with Crippen LogP contribution in [0.4, 0.5) is 8.78 Å². The Hall–Kier alpha value is -1.10. The quantitative estimate of drug-likeness (QED) is 0.823. The summed E-state index contributed by atoms with van der Waals surface area (Å²) in [6.45, 7) is 1.35. The molecule has 18 heavy (non-hydrogen) atoms. The van der Waals surface area contributed by atoms with Crippen molar-refractivity contribution in [2.24, 2.45) is 0 Å². The number of amides is 1. The van der Waals surface area contributed by atoms with Gasteiger partial charge >= 0.3 is 0 Å². The summed E-state index contributed by atoms with van der Waals surface area (Å²) in [5, 5.41) is 0. The standard InChI is InChI=1S/C13H15F2NOS/c14-11-3-1-4-12(15)10(11)9-13(17)16-5-2-7-18-8-6-16/h1,3-4H,2,5-9H2. The molecule has 1 saturated heterocycles. The molecule has 1 aliphatic heterocycles. The molecule has 0 radical (unpaired) electrons. The lowest BCUT2D eigenvalue weighted by molar-refractivity contribution is -0.130. The normalized spacial score (nSPS) is 16.4. The zero-order chi connectivity index (χ0) is 13.0. The second-order valence-corrected chi connectivity index (χ2v) is 5.45. The maximum Gasteiger partial charge on any atom is 0.227 e. The van der Waals surface area contributed by atoms with Crippen LogP contribution in [0.25, 0.3) is 0 Å². The van der Waals surface area contributed by atoms with Crippen molar-refractivity contribution in [1.29, 1.82) is 0 Å². The van der Waals surface area contributed by atoms with Gasteiger partial charge in [-0.3, -0.25) is 4.79 Å². The van der Waals surface area contributed by atoms with E-state index < -0.39 is 11.6 Å². The van der Waals surface area contributed by atoms with Gasteiger partial charge < -0.3 is 4.90 Å². The van der Waals surface area contributed by atoms with Crippen molar-refractivity contribution in [1.82, 2.24) is 4.90 Å². The van der Waals surface area contributed by atoms with Crippen molar-refractivity contribution in [2.45, 2.75) is 12.8 Å². The van der Waals surface area contributed by atoms with Crippen molar-refractivity contribution in [3.05, 3.63) is 35.4 Å². The molecule has 0 atom stereocenters. The Labute approximate surface area is 109 Å². The highest BCUT2D eigenvalue weighted by Crippen LogP contribution is 2.16. The number of hydrogen-bond acceptors (Lipinski definition) is 2. The lowest BCUT2D eigenvalue weighted by atomic mass is 10.1. The number of nitrogens with zero attached hydrogens (tertiary/aromatic N) is 1. The van der Waals surface area contributed by atoms with Gasteiger partial charge in [0.25, 0.3) is 0 Å². The van der Waals surface area contributed by atoms with Crippen molar-refractivity contribution >= 4 is 17.7 Å². The first-order valence-electron chi connectivity index (χ1n) is 5.97. The highest BCUT2D eigenvalue weighted by Gasteiger charge is 2.19. The van der Waals surface area contributed by atoms with E-state index in [4.69, 9.17) is 0 Å². The molecule has 5 heteroatoms. The molecule has 0 spiro atoms. The van der Waals surface area contributed by atoms with Crippen molar-refractivity contribution in [2.75, 3.05) is 24.6 Å². The summed E-state index contributed by atoms with van der Waals surface area (Å²) in [7, 11) is 0. The predicted octanol–water partition coefficient (Wildman–Crippen LogP) is 2.47. The molecule has 1 amide bonds. The summed E-state index contributed by atoms with van der Waals surface area (Å²) in [5.74, 6) is 0.449. The third kappa shape index (κ3) is 3.22. The molecule has 0 aliphatic carbocycles. The molecule has 1 aromatic carbocycles. The minimum Gasteiger partial charge on any atom is -0.342 e. The van der Waals surface area contributed by atoms with Crippen LogP contribution in [-0.4, -0.2) is 35.4 Å². The number of benzene rings is 1. The molecular weight excluding hydrogens is 256 g/mol. The smallest absolute Gasteiger partial charge is 0.227 e. The fourth-order valence-electron chi connectivity index (χ4n) is 1.96. The van der Waals surface area contributed by atoms with Crippen molar-refractivity contribution in [3.8, 4) is 0 Å². The predicted molar refractivity (Wildman–Crippen MR) is 68.6 cm³/mol. The summed E-state index contributed by atoms with van der Waals surface area (Å²) in [5.41, 5.74) is -0.126. The second-order valence-electron chi connectivity index (χ2n) is 4.22. The van der Waals surface area contributed by atoms with Crippen LogP contribution in [-0.2, 0) is 11.2 Å². The molecule has 0 bridgehead atoms. The Morgan fingerprint density at radius 1 is 1.22 bits per heavy atom.